The topological polar surface area (TPSA) is 65.1 Å². The van der Waals surface area contributed by atoms with Crippen LogP contribution >= 0.6 is 11.6 Å². The molecule has 0 aliphatic heterocycles. The van der Waals surface area contributed by atoms with Gasteiger partial charge in [-0.25, -0.2) is 9.18 Å². The lowest BCUT2D eigenvalue weighted by atomic mass is 10.2. The number of benzene rings is 1. The molecule has 0 aliphatic rings. The van der Waals surface area contributed by atoms with Crippen LogP contribution in [0.3, 0.4) is 0 Å². The lowest BCUT2D eigenvalue weighted by Crippen LogP contribution is -2.37. The van der Waals surface area contributed by atoms with E-state index in [0.717, 1.165) is 17.4 Å². The molecule has 30 heavy (non-hydrogen) atoms. The Balaban J connectivity index is 2.22. The number of anilines is 1. The minimum atomic E-state index is -0.487. The molecule has 0 bridgehead atoms. The summed E-state index contributed by atoms with van der Waals surface area (Å²) < 4.78 is 18.5. The number of aromatic nitrogens is 4. The van der Waals surface area contributed by atoms with Crippen molar-refractivity contribution in [1.82, 2.24) is 18.7 Å². The van der Waals surface area contributed by atoms with Crippen LogP contribution in [0.15, 0.2) is 39.9 Å². The molecule has 2 heterocycles. The summed E-state index contributed by atoms with van der Waals surface area (Å²) in [5.74, 6) is -0.00186. The van der Waals surface area contributed by atoms with Crippen molar-refractivity contribution in [3.8, 4) is 0 Å². The van der Waals surface area contributed by atoms with Gasteiger partial charge in [0, 0.05) is 38.3 Å². The molecule has 9 heteroatoms. The van der Waals surface area contributed by atoms with Crippen LogP contribution in [0.25, 0.3) is 11.2 Å². The SMILES string of the molecule is CC/C=C\CCN(C)c1nc2c(c(=O)n(C)c(=O)n2C)n1Cc1c(F)cccc1Cl. The summed E-state index contributed by atoms with van der Waals surface area (Å²) in [6, 6.07) is 4.46. The fourth-order valence-electron chi connectivity index (χ4n) is 3.37. The summed E-state index contributed by atoms with van der Waals surface area (Å²) in [6.45, 7) is 2.72. The third-order valence-corrected chi connectivity index (χ3v) is 5.43. The van der Waals surface area contributed by atoms with E-state index in [-0.39, 0.29) is 28.3 Å². The molecule has 1 aromatic carbocycles. The first-order valence-electron chi connectivity index (χ1n) is 9.73. The molecule has 3 aromatic rings. The molecule has 0 amide bonds. The van der Waals surface area contributed by atoms with Crippen molar-refractivity contribution >= 4 is 28.7 Å². The van der Waals surface area contributed by atoms with E-state index in [0.29, 0.717) is 12.5 Å². The Bertz CT molecular complexity index is 1200. The van der Waals surface area contributed by atoms with Gasteiger partial charge in [0.05, 0.1) is 6.54 Å². The summed E-state index contributed by atoms with van der Waals surface area (Å²) >= 11 is 6.24. The van der Waals surface area contributed by atoms with Crippen LogP contribution < -0.4 is 16.1 Å². The van der Waals surface area contributed by atoms with E-state index in [1.165, 1.54) is 23.7 Å². The maximum absolute atomic E-state index is 14.5. The average Bonchev–Trinajstić information content (AvgIpc) is 3.10. The van der Waals surface area contributed by atoms with Crippen LogP contribution in [-0.2, 0) is 20.6 Å². The Morgan fingerprint density at radius 3 is 2.60 bits per heavy atom. The Morgan fingerprint density at radius 2 is 1.93 bits per heavy atom. The zero-order valence-electron chi connectivity index (χ0n) is 17.5. The lowest BCUT2D eigenvalue weighted by Gasteiger charge is -2.19. The third-order valence-electron chi connectivity index (χ3n) is 5.08. The number of hydrogen-bond acceptors (Lipinski definition) is 4. The predicted molar refractivity (Wildman–Crippen MR) is 118 cm³/mol. The minimum Gasteiger partial charge on any atom is -0.345 e. The number of fused-ring (bicyclic) bond motifs is 1. The Hall–Kier alpha value is -2.87. The van der Waals surface area contributed by atoms with Crippen LogP contribution in [0, 0.1) is 5.82 Å². The first kappa shape index (κ1) is 21.8. The first-order chi connectivity index (χ1) is 14.3. The van der Waals surface area contributed by atoms with Crippen molar-refractivity contribution in [3.05, 3.63) is 67.6 Å². The summed E-state index contributed by atoms with van der Waals surface area (Å²) in [5.41, 5.74) is -0.221. The number of allylic oxidation sites excluding steroid dienone is 1. The van der Waals surface area contributed by atoms with Crippen molar-refractivity contribution in [2.45, 2.75) is 26.3 Å². The Morgan fingerprint density at radius 1 is 1.20 bits per heavy atom. The van der Waals surface area contributed by atoms with Crippen LogP contribution in [0.5, 0.6) is 0 Å². The molecule has 0 atom stereocenters. The molecule has 0 aliphatic carbocycles. The second kappa shape index (κ2) is 8.87. The van der Waals surface area contributed by atoms with Gasteiger partial charge in [0.15, 0.2) is 11.2 Å². The Labute approximate surface area is 178 Å². The highest BCUT2D eigenvalue weighted by atomic mass is 35.5. The second-order valence-electron chi connectivity index (χ2n) is 7.17. The van der Waals surface area contributed by atoms with Gasteiger partial charge < -0.3 is 4.90 Å². The molecule has 0 N–H and O–H groups in total. The van der Waals surface area contributed by atoms with Gasteiger partial charge in [0.25, 0.3) is 5.56 Å². The smallest absolute Gasteiger partial charge is 0.332 e. The molecule has 0 saturated heterocycles. The van der Waals surface area contributed by atoms with E-state index in [1.54, 1.807) is 17.7 Å². The minimum absolute atomic E-state index is 0.0138. The summed E-state index contributed by atoms with van der Waals surface area (Å²) in [7, 11) is 4.82. The van der Waals surface area contributed by atoms with Crippen LogP contribution in [0.1, 0.15) is 25.3 Å². The van der Waals surface area contributed by atoms with E-state index in [1.807, 2.05) is 11.9 Å². The summed E-state index contributed by atoms with van der Waals surface area (Å²) in [6.07, 6.45) is 5.89. The van der Waals surface area contributed by atoms with E-state index >= 15 is 0 Å². The largest absolute Gasteiger partial charge is 0.345 e. The highest BCUT2D eigenvalue weighted by Gasteiger charge is 2.22. The summed E-state index contributed by atoms with van der Waals surface area (Å²) in [5, 5.41) is 0.262. The maximum atomic E-state index is 14.5. The molecule has 0 radical (unpaired) electrons. The average molecular weight is 434 g/mol. The molecular formula is C21H25ClFN5O2. The van der Waals surface area contributed by atoms with Crippen LogP contribution in [-0.4, -0.2) is 32.3 Å². The van der Waals surface area contributed by atoms with Gasteiger partial charge in [0.2, 0.25) is 5.95 Å². The molecule has 0 unspecified atom stereocenters. The maximum Gasteiger partial charge on any atom is 0.332 e. The zero-order chi connectivity index (χ0) is 22.0. The second-order valence-corrected chi connectivity index (χ2v) is 7.57. The number of nitrogens with zero attached hydrogens (tertiary/aromatic N) is 5. The van der Waals surface area contributed by atoms with Crippen molar-refractivity contribution in [2.24, 2.45) is 14.1 Å². The molecule has 0 saturated carbocycles. The highest BCUT2D eigenvalue weighted by molar-refractivity contribution is 6.31. The summed E-state index contributed by atoms with van der Waals surface area (Å²) in [4.78, 5) is 31.8. The monoisotopic (exact) mass is 433 g/mol. The normalized spacial score (nSPS) is 11.7. The lowest BCUT2D eigenvalue weighted by molar-refractivity contribution is 0.600. The highest BCUT2D eigenvalue weighted by Crippen LogP contribution is 2.25. The fourth-order valence-corrected chi connectivity index (χ4v) is 3.59. The van der Waals surface area contributed by atoms with Crippen molar-refractivity contribution in [3.63, 3.8) is 0 Å². The molecular weight excluding hydrogens is 409 g/mol. The van der Waals surface area contributed by atoms with Gasteiger partial charge in [-0.05, 0) is 25.0 Å². The molecule has 7 nitrogen and oxygen atoms in total. The number of imidazole rings is 1. The predicted octanol–water partition coefficient (Wildman–Crippen LogP) is 3.07. The fraction of sp³-hybridized carbons (Fsp3) is 0.381. The van der Waals surface area contributed by atoms with E-state index < -0.39 is 17.1 Å². The number of halogens is 2. The molecule has 3 rings (SSSR count). The molecule has 0 spiro atoms. The van der Waals surface area contributed by atoms with Crippen molar-refractivity contribution < 1.29 is 4.39 Å². The molecule has 160 valence electrons. The third kappa shape index (κ3) is 3.92. The zero-order valence-corrected chi connectivity index (χ0v) is 18.3. The molecule has 2 aromatic heterocycles. The Kier molecular flexibility index (Phi) is 6.45. The van der Waals surface area contributed by atoms with Crippen molar-refractivity contribution in [1.29, 1.82) is 0 Å². The standard InChI is InChI=1S/C21H25ClFN5O2/c1-5-6-7-8-12-25(2)20-24-18-17(19(29)27(4)21(30)26(18)3)28(20)13-14-15(22)10-9-11-16(14)23/h6-7,9-11H,5,8,12-13H2,1-4H3/b7-6-. The van der Waals surface area contributed by atoms with Gasteiger partial charge in [0.1, 0.15) is 5.82 Å². The van der Waals surface area contributed by atoms with Crippen LogP contribution in [0.2, 0.25) is 5.02 Å². The van der Waals surface area contributed by atoms with E-state index in [9.17, 15) is 14.0 Å². The van der Waals surface area contributed by atoms with Gasteiger partial charge in [-0.3, -0.25) is 18.5 Å². The first-order valence-corrected chi connectivity index (χ1v) is 10.1. The quantitative estimate of drug-likeness (QED) is 0.537. The van der Waals surface area contributed by atoms with E-state index in [4.69, 9.17) is 11.6 Å². The number of rotatable bonds is 7. The van der Waals surface area contributed by atoms with Gasteiger partial charge in [-0.1, -0.05) is 36.7 Å². The van der Waals surface area contributed by atoms with Crippen molar-refractivity contribution in [2.75, 3.05) is 18.5 Å². The van der Waals surface area contributed by atoms with Gasteiger partial charge in [-0.2, -0.15) is 4.98 Å². The van der Waals surface area contributed by atoms with Gasteiger partial charge in [-0.15, -0.1) is 0 Å². The number of hydrogen-bond donors (Lipinski definition) is 0. The molecule has 0 fully saturated rings. The van der Waals surface area contributed by atoms with Gasteiger partial charge >= 0.3 is 5.69 Å². The number of aryl methyl sites for hydroxylation is 1. The van der Waals surface area contributed by atoms with Crippen LogP contribution in [0.4, 0.5) is 10.3 Å². The van der Waals surface area contributed by atoms with E-state index in [2.05, 4.69) is 24.1 Å².